The van der Waals surface area contributed by atoms with E-state index in [2.05, 4.69) is 5.16 Å². The number of carbonyl (C=O) groups is 1. The van der Waals surface area contributed by atoms with Crippen molar-refractivity contribution in [3.05, 3.63) is 40.6 Å². The van der Waals surface area contributed by atoms with Crippen molar-refractivity contribution in [2.75, 3.05) is 6.54 Å². The van der Waals surface area contributed by atoms with Crippen molar-refractivity contribution >= 4 is 17.5 Å². The second-order valence-corrected chi connectivity index (χ2v) is 6.41. The smallest absolute Gasteiger partial charge is 0.254 e. The average molecular weight is 321 g/mol. The highest BCUT2D eigenvalue weighted by atomic mass is 35.5. The second kappa shape index (κ2) is 5.41. The molecule has 1 aliphatic rings. The topological polar surface area (TPSA) is 66.6 Å². The van der Waals surface area contributed by atoms with Crippen LogP contribution in [0, 0.1) is 0 Å². The molecular weight excluding hydrogens is 304 g/mol. The van der Waals surface area contributed by atoms with E-state index in [0.717, 1.165) is 22.6 Å². The summed E-state index contributed by atoms with van der Waals surface area (Å²) in [6.07, 6.45) is 0.595. The van der Waals surface area contributed by atoms with Crippen molar-refractivity contribution in [2.45, 2.75) is 32.4 Å². The molecule has 1 aromatic carbocycles. The predicted octanol–water partition coefficient (Wildman–Crippen LogP) is 2.65. The number of nitrogens with zero attached hydrogens (tertiary/aromatic N) is 2. The lowest BCUT2D eigenvalue weighted by Crippen LogP contribution is -2.47. The van der Waals surface area contributed by atoms with Crippen molar-refractivity contribution in [1.29, 1.82) is 0 Å². The van der Waals surface area contributed by atoms with Gasteiger partial charge in [0.1, 0.15) is 17.1 Å². The summed E-state index contributed by atoms with van der Waals surface area (Å²) in [5.41, 5.74) is 1.13. The minimum Gasteiger partial charge on any atom is -0.381 e. The van der Waals surface area contributed by atoms with Crippen LogP contribution in [0.2, 0.25) is 5.02 Å². The third-order valence-electron chi connectivity index (χ3n) is 3.76. The van der Waals surface area contributed by atoms with Crippen LogP contribution < -0.4 is 0 Å². The van der Waals surface area contributed by atoms with E-state index in [4.69, 9.17) is 16.1 Å². The summed E-state index contributed by atoms with van der Waals surface area (Å²) in [7, 11) is 0. The number of fused-ring (bicyclic) bond motifs is 1. The molecule has 0 spiro atoms. The number of hydrogen-bond acceptors (Lipinski definition) is 4. The van der Waals surface area contributed by atoms with E-state index in [1.54, 1.807) is 17.0 Å². The van der Waals surface area contributed by atoms with E-state index < -0.39 is 5.60 Å². The zero-order valence-electron chi connectivity index (χ0n) is 12.5. The summed E-state index contributed by atoms with van der Waals surface area (Å²) in [6.45, 7) is 3.90. The molecule has 0 radical (unpaired) electrons. The summed E-state index contributed by atoms with van der Waals surface area (Å²) in [4.78, 5) is 13.9. The first-order chi connectivity index (χ1) is 10.4. The van der Waals surface area contributed by atoms with Gasteiger partial charge < -0.3 is 14.5 Å². The Morgan fingerprint density at radius 2 is 2.05 bits per heavy atom. The van der Waals surface area contributed by atoms with Crippen LogP contribution in [0.4, 0.5) is 0 Å². The largest absolute Gasteiger partial charge is 0.381 e. The van der Waals surface area contributed by atoms with Crippen LogP contribution in [0.15, 0.2) is 28.8 Å². The first-order valence-electron chi connectivity index (χ1n) is 7.11. The standard InChI is InChI=1S/C16H17ClN2O3/c1-16(2,21)15(20)19-8-7-13-12(9-19)14(18-22-13)10-3-5-11(17)6-4-10/h3-6,21H,7-9H2,1-2H3. The molecule has 0 aliphatic carbocycles. The molecule has 1 amide bonds. The summed E-state index contributed by atoms with van der Waals surface area (Å²) in [5, 5.41) is 14.7. The van der Waals surface area contributed by atoms with Crippen molar-refractivity contribution in [2.24, 2.45) is 0 Å². The molecule has 6 heteroatoms. The Bertz CT molecular complexity index is 701. The van der Waals surface area contributed by atoms with Gasteiger partial charge in [-0.05, 0) is 26.0 Å². The van der Waals surface area contributed by atoms with Crippen LogP contribution in [0.25, 0.3) is 11.3 Å². The van der Waals surface area contributed by atoms with Crippen molar-refractivity contribution < 1.29 is 14.4 Å². The molecule has 5 nitrogen and oxygen atoms in total. The number of benzene rings is 1. The van der Waals surface area contributed by atoms with Crippen LogP contribution >= 0.6 is 11.6 Å². The normalized spacial score (nSPS) is 14.8. The highest BCUT2D eigenvalue weighted by molar-refractivity contribution is 6.30. The van der Waals surface area contributed by atoms with E-state index in [1.165, 1.54) is 13.8 Å². The lowest BCUT2D eigenvalue weighted by atomic mass is 9.99. The van der Waals surface area contributed by atoms with Crippen molar-refractivity contribution in [1.82, 2.24) is 10.1 Å². The number of aromatic nitrogens is 1. The molecule has 0 atom stereocenters. The highest BCUT2D eigenvalue weighted by Gasteiger charge is 2.34. The molecule has 0 unspecified atom stereocenters. The SMILES string of the molecule is CC(C)(O)C(=O)N1CCc2onc(-c3ccc(Cl)cc3)c2C1. The minimum atomic E-state index is -1.38. The van der Waals surface area contributed by atoms with E-state index in [-0.39, 0.29) is 5.91 Å². The summed E-state index contributed by atoms with van der Waals surface area (Å²) >= 11 is 5.91. The van der Waals surface area contributed by atoms with Crippen molar-refractivity contribution in [3.63, 3.8) is 0 Å². The first kappa shape index (κ1) is 15.1. The zero-order chi connectivity index (χ0) is 15.9. The number of aliphatic hydroxyl groups is 1. The maximum absolute atomic E-state index is 12.3. The Morgan fingerprint density at radius 1 is 1.36 bits per heavy atom. The number of amides is 1. The van der Waals surface area contributed by atoms with E-state index >= 15 is 0 Å². The number of rotatable bonds is 2. The molecule has 1 aromatic heterocycles. The Morgan fingerprint density at radius 3 is 2.68 bits per heavy atom. The molecule has 1 N–H and O–H groups in total. The van der Waals surface area contributed by atoms with E-state index in [1.807, 2.05) is 12.1 Å². The fraction of sp³-hybridized carbons (Fsp3) is 0.375. The predicted molar refractivity (Wildman–Crippen MR) is 82.4 cm³/mol. The fourth-order valence-corrected chi connectivity index (χ4v) is 2.73. The first-order valence-corrected chi connectivity index (χ1v) is 7.49. The Labute approximate surface area is 133 Å². The maximum atomic E-state index is 12.3. The number of carbonyl (C=O) groups excluding carboxylic acids is 1. The molecule has 1 aliphatic heterocycles. The van der Waals surface area contributed by atoms with Gasteiger partial charge in [-0.15, -0.1) is 0 Å². The maximum Gasteiger partial charge on any atom is 0.254 e. The monoisotopic (exact) mass is 320 g/mol. The van der Waals surface area contributed by atoms with Crippen LogP contribution in [0.1, 0.15) is 25.2 Å². The molecule has 0 bridgehead atoms. The van der Waals surface area contributed by atoms with Gasteiger partial charge >= 0.3 is 0 Å². The van der Waals surface area contributed by atoms with Crippen LogP contribution in [0.3, 0.4) is 0 Å². The van der Waals surface area contributed by atoms with Gasteiger partial charge in [0.15, 0.2) is 0 Å². The van der Waals surface area contributed by atoms with Gasteiger partial charge in [0.2, 0.25) is 0 Å². The zero-order valence-corrected chi connectivity index (χ0v) is 13.2. The lowest BCUT2D eigenvalue weighted by molar-refractivity contribution is -0.148. The van der Waals surface area contributed by atoms with Gasteiger partial charge in [0.25, 0.3) is 5.91 Å². The lowest BCUT2D eigenvalue weighted by Gasteiger charge is -2.31. The average Bonchev–Trinajstić information content (AvgIpc) is 2.89. The van der Waals surface area contributed by atoms with Gasteiger partial charge in [0.05, 0.1) is 6.54 Å². The van der Waals surface area contributed by atoms with Crippen LogP contribution in [-0.2, 0) is 17.8 Å². The summed E-state index contributed by atoms with van der Waals surface area (Å²) in [6, 6.07) is 7.33. The molecule has 3 rings (SSSR count). The Kier molecular flexibility index (Phi) is 3.70. The van der Waals surface area contributed by atoms with Gasteiger partial charge in [-0.1, -0.05) is 28.9 Å². The molecule has 22 heavy (non-hydrogen) atoms. The Balaban J connectivity index is 1.92. The highest BCUT2D eigenvalue weighted by Crippen LogP contribution is 2.31. The number of halogens is 1. The molecule has 0 saturated heterocycles. The van der Waals surface area contributed by atoms with Crippen molar-refractivity contribution in [3.8, 4) is 11.3 Å². The molecule has 2 heterocycles. The fourth-order valence-electron chi connectivity index (χ4n) is 2.60. The summed E-state index contributed by atoms with van der Waals surface area (Å²) in [5.74, 6) is 0.506. The molecule has 2 aromatic rings. The number of hydrogen-bond donors (Lipinski definition) is 1. The van der Waals surface area contributed by atoms with E-state index in [9.17, 15) is 9.90 Å². The van der Waals surface area contributed by atoms with Crippen LogP contribution in [-0.4, -0.2) is 33.2 Å². The third-order valence-corrected chi connectivity index (χ3v) is 4.01. The van der Waals surface area contributed by atoms with Gasteiger partial charge in [-0.3, -0.25) is 4.79 Å². The minimum absolute atomic E-state index is 0.290. The van der Waals surface area contributed by atoms with Crippen LogP contribution in [0.5, 0.6) is 0 Å². The van der Waals surface area contributed by atoms with E-state index in [0.29, 0.717) is 24.5 Å². The van der Waals surface area contributed by atoms with Gasteiger partial charge in [-0.2, -0.15) is 0 Å². The molecule has 0 fully saturated rings. The molecule has 116 valence electrons. The quantitative estimate of drug-likeness (QED) is 0.923. The molecule has 0 saturated carbocycles. The third kappa shape index (κ3) is 2.74. The van der Waals surface area contributed by atoms with Gasteiger partial charge in [0, 0.05) is 29.1 Å². The Hall–Kier alpha value is -1.85. The second-order valence-electron chi connectivity index (χ2n) is 5.98. The summed E-state index contributed by atoms with van der Waals surface area (Å²) < 4.78 is 5.40. The molecular formula is C16H17ClN2O3. The van der Waals surface area contributed by atoms with Gasteiger partial charge in [-0.25, -0.2) is 0 Å².